The number of rotatable bonds is 3. The maximum absolute atomic E-state index is 13.3. The molecule has 1 amide bonds. The van der Waals surface area contributed by atoms with Crippen LogP contribution in [0, 0.1) is 5.95 Å². The summed E-state index contributed by atoms with van der Waals surface area (Å²) in [4.78, 5) is 15.3. The first-order valence-corrected chi connectivity index (χ1v) is 6.72. The summed E-state index contributed by atoms with van der Waals surface area (Å²) in [5, 5.41) is 13.0. The molecule has 4 nitrogen and oxygen atoms in total. The van der Waals surface area contributed by atoms with E-state index in [1.165, 1.54) is 18.3 Å². The van der Waals surface area contributed by atoms with E-state index in [1.54, 1.807) is 0 Å². The lowest BCUT2D eigenvalue weighted by molar-refractivity contribution is 0.0246. The molecule has 2 N–H and O–H groups in total. The fraction of sp³-hybridized carbons (Fsp3) is 0.571. The van der Waals surface area contributed by atoms with Gasteiger partial charge in [0.15, 0.2) is 0 Å². The summed E-state index contributed by atoms with van der Waals surface area (Å²) < 4.78 is 13.3. The fourth-order valence-corrected chi connectivity index (χ4v) is 2.46. The van der Waals surface area contributed by atoms with Crippen LogP contribution in [-0.2, 0) is 0 Å². The van der Waals surface area contributed by atoms with Crippen LogP contribution in [0.15, 0.2) is 18.3 Å². The Morgan fingerprint density at radius 3 is 2.68 bits per heavy atom. The summed E-state index contributed by atoms with van der Waals surface area (Å²) in [6.07, 6.45) is 6.83. The van der Waals surface area contributed by atoms with Crippen molar-refractivity contribution < 1.29 is 14.3 Å². The number of aromatic nitrogens is 1. The standard InChI is InChI=1S/C14H19FN2O2/c15-12-11(6-5-9-16-12)13(18)17-10-14(19)7-3-1-2-4-8-14/h5-6,9,19H,1-4,7-8,10H2,(H,17,18). The van der Waals surface area contributed by atoms with Crippen LogP contribution in [0.2, 0.25) is 0 Å². The predicted octanol–water partition coefficient (Wildman–Crippen LogP) is 2.04. The van der Waals surface area contributed by atoms with E-state index >= 15 is 0 Å². The highest BCUT2D eigenvalue weighted by Crippen LogP contribution is 2.26. The minimum Gasteiger partial charge on any atom is -0.388 e. The van der Waals surface area contributed by atoms with E-state index in [-0.39, 0.29) is 12.1 Å². The summed E-state index contributed by atoms with van der Waals surface area (Å²) in [7, 11) is 0. The van der Waals surface area contributed by atoms with Gasteiger partial charge < -0.3 is 10.4 Å². The molecule has 1 aliphatic carbocycles. The van der Waals surface area contributed by atoms with E-state index in [1.807, 2.05) is 0 Å². The van der Waals surface area contributed by atoms with E-state index in [0.717, 1.165) is 25.7 Å². The number of amides is 1. The zero-order valence-corrected chi connectivity index (χ0v) is 10.9. The zero-order valence-electron chi connectivity index (χ0n) is 10.9. The van der Waals surface area contributed by atoms with Crippen LogP contribution in [0.25, 0.3) is 0 Å². The van der Waals surface area contributed by atoms with Gasteiger partial charge in [0.05, 0.1) is 11.2 Å². The maximum atomic E-state index is 13.3. The van der Waals surface area contributed by atoms with Crippen LogP contribution in [-0.4, -0.2) is 28.1 Å². The van der Waals surface area contributed by atoms with Crippen molar-refractivity contribution >= 4 is 5.91 Å². The van der Waals surface area contributed by atoms with Crippen LogP contribution in [0.1, 0.15) is 48.9 Å². The molecule has 0 atom stereocenters. The smallest absolute Gasteiger partial charge is 0.256 e. The fourth-order valence-electron chi connectivity index (χ4n) is 2.46. The molecule has 0 spiro atoms. The van der Waals surface area contributed by atoms with E-state index in [2.05, 4.69) is 10.3 Å². The minimum absolute atomic E-state index is 0.0836. The molecule has 2 rings (SSSR count). The van der Waals surface area contributed by atoms with Crippen molar-refractivity contribution in [2.75, 3.05) is 6.54 Å². The summed E-state index contributed by atoms with van der Waals surface area (Å²) in [5.74, 6) is -1.31. The average molecular weight is 266 g/mol. The number of nitrogens with zero attached hydrogens (tertiary/aromatic N) is 1. The summed E-state index contributed by atoms with van der Waals surface area (Å²) in [5.41, 5.74) is -0.940. The highest BCUT2D eigenvalue weighted by atomic mass is 19.1. The van der Waals surface area contributed by atoms with Gasteiger partial charge in [-0.05, 0) is 25.0 Å². The van der Waals surface area contributed by atoms with Gasteiger partial charge in [-0.3, -0.25) is 4.79 Å². The van der Waals surface area contributed by atoms with Gasteiger partial charge in [-0.2, -0.15) is 4.39 Å². The number of carbonyl (C=O) groups excluding carboxylic acids is 1. The van der Waals surface area contributed by atoms with Crippen LogP contribution < -0.4 is 5.32 Å². The molecule has 0 bridgehead atoms. The van der Waals surface area contributed by atoms with Gasteiger partial charge in [0.2, 0.25) is 5.95 Å². The first-order chi connectivity index (χ1) is 9.11. The quantitative estimate of drug-likeness (QED) is 0.650. The van der Waals surface area contributed by atoms with Crippen molar-refractivity contribution in [3.05, 3.63) is 29.8 Å². The van der Waals surface area contributed by atoms with Crippen molar-refractivity contribution in [3.63, 3.8) is 0 Å². The monoisotopic (exact) mass is 266 g/mol. The molecule has 104 valence electrons. The molecule has 1 fully saturated rings. The van der Waals surface area contributed by atoms with Gasteiger partial charge in [-0.25, -0.2) is 4.98 Å². The Labute approximate surface area is 112 Å². The number of pyridine rings is 1. The Morgan fingerprint density at radius 1 is 1.37 bits per heavy atom. The Hall–Kier alpha value is -1.49. The van der Waals surface area contributed by atoms with Crippen LogP contribution in [0.5, 0.6) is 0 Å². The molecular formula is C14H19FN2O2. The van der Waals surface area contributed by atoms with Crippen molar-refractivity contribution in [2.45, 2.75) is 44.1 Å². The molecule has 0 saturated heterocycles. The number of hydrogen-bond donors (Lipinski definition) is 2. The summed E-state index contributed by atoms with van der Waals surface area (Å²) in [6, 6.07) is 2.90. The molecule has 1 aliphatic rings. The van der Waals surface area contributed by atoms with Crippen molar-refractivity contribution in [1.82, 2.24) is 10.3 Å². The van der Waals surface area contributed by atoms with Crippen molar-refractivity contribution in [2.24, 2.45) is 0 Å². The third-order valence-corrected chi connectivity index (χ3v) is 3.62. The lowest BCUT2D eigenvalue weighted by Crippen LogP contribution is -2.42. The van der Waals surface area contributed by atoms with Crippen LogP contribution >= 0.6 is 0 Å². The lowest BCUT2D eigenvalue weighted by Gasteiger charge is -2.26. The molecule has 1 heterocycles. The van der Waals surface area contributed by atoms with E-state index in [0.29, 0.717) is 12.8 Å². The Balaban J connectivity index is 1.94. The van der Waals surface area contributed by atoms with Gasteiger partial charge >= 0.3 is 0 Å². The first-order valence-electron chi connectivity index (χ1n) is 6.72. The molecule has 0 radical (unpaired) electrons. The van der Waals surface area contributed by atoms with Gasteiger partial charge in [0.1, 0.15) is 0 Å². The second-order valence-electron chi connectivity index (χ2n) is 5.16. The number of aliphatic hydroxyl groups is 1. The molecule has 1 aromatic heterocycles. The predicted molar refractivity (Wildman–Crippen MR) is 69.2 cm³/mol. The molecule has 1 saturated carbocycles. The average Bonchev–Trinajstić information content (AvgIpc) is 2.62. The molecule has 0 unspecified atom stereocenters. The van der Waals surface area contributed by atoms with Gasteiger partial charge in [0.25, 0.3) is 5.91 Å². The Morgan fingerprint density at radius 2 is 2.05 bits per heavy atom. The van der Waals surface area contributed by atoms with E-state index < -0.39 is 17.5 Å². The molecule has 0 aromatic carbocycles. The Kier molecular flexibility index (Phi) is 4.47. The van der Waals surface area contributed by atoms with Gasteiger partial charge in [0, 0.05) is 12.7 Å². The zero-order chi connectivity index (χ0) is 13.7. The highest BCUT2D eigenvalue weighted by Gasteiger charge is 2.28. The number of hydrogen-bond acceptors (Lipinski definition) is 3. The maximum Gasteiger partial charge on any atom is 0.256 e. The van der Waals surface area contributed by atoms with Gasteiger partial charge in [-0.1, -0.05) is 25.7 Å². The number of halogens is 1. The molecule has 5 heteroatoms. The van der Waals surface area contributed by atoms with Gasteiger partial charge in [-0.15, -0.1) is 0 Å². The Bertz CT molecular complexity index is 443. The summed E-state index contributed by atoms with van der Waals surface area (Å²) in [6.45, 7) is 0.167. The second-order valence-corrected chi connectivity index (χ2v) is 5.16. The molecule has 19 heavy (non-hydrogen) atoms. The summed E-state index contributed by atoms with van der Waals surface area (Å²) >= 11 is 0. The molecule has 1 aromatic rings. The second kappa shape index (κ2) is 6.10. The van der Waals surface area contributed by atoms with Crippen molar-refractivity contribution in [3.8, 4) is 0 Å². The molecule has 0 aliphatic heterocycles. The topological polar surface area (TPSA) is 62.2 Å². The van der Waals surface area contributed by atoms with Crippen LogP contribution in [0.4, 0.5) is 4.39 Å². The first kappa shape index (κ1) is 13.9. The van der Waals surface area contributed by atoms with E-state index in [4.69, 9.17) is 0 Å². The lowest BCUT2D eigenvalue weighted by atomic mass is 9.94. The molecular weight excluding hydrogens is 247 g/mol. The normalized spacial score (nSPS) is 18.6. The minimum atomic E-state index is -0.856. The largest absolute Gasteiger partial charge is 0.388 e. The number of carbonyl (C=O) groups is 1. The van der Waals surface area contributed by atoms with Crippen LogP contribution in [0.3, 0.4) is 0 Å². The van der Waals surface area contributed by atoms with Crippen molar-refractivity contribution in [1.29, 1.82) is 0 Å². The number of nitrogens with one attached hydrogen (secondary N) is 1. The SMILES string of the molecule is O=C(NCC1(O)CCCCCC1)c1cccnc1F. The third-order valence-electron chi connectivity index (χ3n) is 3.62. The third kappa shape index (κ3) is 3.73. The van der Waals surface area contributed by atoms with E-state index in [9.17, 15) is 14.3 Å². The highest BCUT2D eigenvalue weighted by molar-refractivity contribution is 5.94.